The van der Waals surface area contributed by atoms with Gasteiger partial charge < -0.3 is 15.4 Å². The monoisotopic (exact) mass is 501 g/mol. The highest BCUT2D eigenvalue weighted by atomic mass is 127. The van der Waals surface area contributed by atoms with Gasteiger partial charge in [0.25, 0.3) is 0 Å². The Morgan fingerprint density at radius 3 is 2.37 bits per heavy atom. The second-order valence-corrected chi connectivity index (χ2v) is 7.32. The predicted molar refractivity (Wildman–Crippen MR) is 124 cm³/mol. The molecule has 0 spiro atoms. The van der Waals surface area contributed by atoms with E-state index in [4.69, 9.17) is 4.74 Å². The summed E-state index contributed by atoms with van der Waals surface area (Å²) in [5, 5.41) is 6.47. The maximum atomic E-state index is 12.2. The van der Waals surface area contributed by atoms with Crippen molar-refractivity contribution in [2.24, 2.45) is 4.99 Å². The molecule has 0 bridgehead atoms. The van der Waals surface area contributed by atoms with Gasteiger partial charge in [-0.3, -0.25) is 4.21 Å². The second kappa shape index (κ2) is 13.5. The van der Waals surface area contributed by atoms with Gasteiger partial charge in [-0.2, -0.15) is 0 Å². The Hall–Kier alpha value is -1.61. The lowest BCUT2D eigenvalue weighted by Gasteiger charge is -2.11. The van der Waals surface area contributed by atoms with Crippen molar-refractivity contribution in [2.45, 2.75) is 19.2 Å². The summed E-state index contributed by atoms with van der Waals surface area (Å²) in [6.07, 6.45) is 0. The Balaban J connectivity index is 0.00000364. The average molecular weight is 501 g/mol. The third-order valence-electron chi connectivity index (χ3n) is 3.72. The van der Waals surface area contributed by atoms with Crippen molar-refractivity contribution in [3.05, 3.63) is 65.7 Å². The van der Waals surface area contributed by atoms with Crippen molar-refractivity contribution in [1.29, 1.82) is 0 Å². The Labute approximate surface area is 181 Å². The van der Waals surface area contributed by atoms with Gasteiger partial charge in [0, 0.05) is 35.4 Å². The van der Waals surface area contributed by atoms with E-state index < -0.39 is 10.8 Å². The maximum absolute atomic E-state index is 12.2. The first-order chi connectivity index (χ1) is 12.7. The number of halogens is 1. The molecule has 0 aromatic heterocycles. The SMILES string of the molecule is CCNC(=NCc1ccc(OC)cc1)NCCS(=O)Cc1ccccc1.I. The fraction of sp³-hybridized carbons (Fsp3) is 0.350. The number of hydrogen-bond acceptors (Lipinski definition) is 3. The van der Waals surface area contributed by atoms with E-state index in [1.165, 1.54) is 0 Å². The molecule has 1 unspecified atom stereocenters. The largest absolute Gasteiger partial charge is 0.497 e. The lowest BCUT2D eigenvalue weighted by Crippen LogP contribution is -2.39. The summed E-state index contributed by atoms with van der Waals surface area (Å²) in [6.45, 7) is 4.00. The van der Waals surface area contributed by atoms with E-state index in [9.17, 15) is 4.21 Å². The van der Waals surface area contributed by atoms with Crippen LogP contribution in [0.5, 0.6) is 5.75 Å². The van der Waals surface area contributed by atoms with Gasteiger partial charge in [-0.15, -0.1) is 24.0 Å². The van der Waals surface area contributed by atoms with Crippen molar-refractivity contribution < 1.29 is 8.95 Å². The topological polar surface area (TPSA) is 62.7 Å². The molecule has 0 aliphatic rings. The van der Waals surface area contributed by atoms with Gasteiger partial charge in [0.15, 0.2) is 5.96 Å². The molecular weight excluding hydrogens is 473 g/mol. The third kappa shape index (κ3) is 9.23. The molecule has 0 fully saturated rings. The molecule has 0 heterocycles. The highest BCUT2D eigenvalue weighted by Crippen LogP contribution is 2.11. The smallest absolute Gasteiger partial charge is 0.191 e. The molecule has 2 rings (SSSR count). The molecule has 0 amide bonds. The summed E-state index contributed by atoms with van der Waals surface area (Å²) in [7, 11) is 0.761. The molecule has 0 saturated carbocycles. The molecule has 0 saturated heterocycles. The predicted octanol–water partition coefficient (Wildman–Crippen LogP) is 3.32. The summed E-state index contributed by atoms with van der Waals surface area (Å²) in [5.41, 5.74) is 2.21. The van der Waals surface area contributed by atoms with Crippen molar-refractivity contribution in [3.8, 4) is 5.75 Å². The minimum atomic E-state index is -0.894. The van der Waals surface area contributed by atoms with E-state index in [-0.39, 0.29) is 24.0 Å². The van der Waals surface area contributed by atoms with Gasteiger partial charge in [-0.25, -0.2) is 4.99 Å². The maximum Gasteiger partial charge on any atom is 0.191 e. The van der Waals surface area contributed by atoms with Crippen molar-refractivity contribution in [3.63, 3.8) is 0 Å². The van der Waals surface area contributed by atoms with Crippen molar-refractivity contribution in [2.75, 3.05) is 26.0 Å². The van der Waals surface area contributed by atoms with E-state index in [1.54, 1.807) is 7.11 Å². The third-order valence-corrected chi connectivity index (χ3v) is 5.03. The molecule has 2 aromatic carbocycles. The Kier molecular flexibility index (Phi) is 11.8. The summed E-state index contributed by atoms with van der Waals surface area (Å²) in [5.74, 6) is 2.74. The molecule has 0 aliphatic carbocycles. The first-order valence-electron chi connectivity index (χ1n) is 8.75. The number of guanidine groups is 1. The molecule has 2 aromatic rings. The zero-order valence-corrected chi connectivity index (χ0v) is 19.0. The molecule has 7 heteroatoms. The molecule has 5 nitrogen and oxygen atoms in total. The summed E-state index contributed by atoms with van der Waals surface area (Å²) in [6, 6.07) is 17.8. The fourth-order valence-electron chi connectivity index (χ4n) is 2.36. The second-order valence-electron chi connectivity index (χ2n) is 5.74. The minimum Gasteiger partial charge on any atom is -0.497 e. The van der Waals surface area contributed by atoms with Gasteiger partial charge in [-0.05, 0) is 30.2 Å². The van der Waals surface area contributed by atoms with Crippen LogP contribution in [0.1, 0.15) is 18.1 Å². The number of nitrogens with zero attached hydrogens (tertiary/aromatic N) is 1. The molecule has 148 valence electrons. The first kappa shape index (κ1) is 23.4. The number of aliphatic imine (C=N–C) groups is 1. The van der Waals surface area contributed by atoms with Gasteiger partial charge in [0.05, 0.1) is 13.7 Å². The molecular formula is C20H28IN3O2S. The quantitative estimate of drug-likeness (QED) is 0.315. The van der Waals surface area contributed by atoms with Crippen LogP contribution in [0.15, 0.2) is 59.6 Å². The van der Waals surface area contributed by atoms with E-state index in [0.29, 0.717) is 24.6 Å². The van der Waals surface area contributed by atoms with Crippen LogP contribution in [0.4, 0.5) is 0 Å². The molecule has 2 N–H and O–H groups in total. The van der Waals surface area contributed by atoms with Gasteiger partial charge in [-0.1, -0.05) is 42.5 Å². The summed E-state index contributed by atoms with van der Waals surface area (Å²) in [4.78, 5) is 4.57. The molecule has 0 aliphatic heterocycles. The number of rotatable bonds is 9. The van der Waals surface area contributed by atoms with Crippen molar-refractivity contribution >= 4 is 40.7 Å². The first-order valence-corrected chi connectivity index (χ1v) is 10.2. The normalized spacial score (nSPS) is 12.0. The molecule has 0 radical (unpaired) electrons. The van der Waals surface area contributed by atoms with E-state index >= 15 is 0 Å². The van der Waals surface area contributed by atoms with E-state index in [1.807, 2.05) is 61.5 Å². The summed E-state index contributed by atoms with van der Waals surface area (Å²) >= 11 is 0. The van der Waals surface area contributed by atoms with E-state index in [0.717, 1.165) is 29.4 Å². The average Bonchev–Trinajstić information content (AvgIpc) is 2.67. The zero-order valence-electron chi connectivity index (χ0n) is 15.8. The number of nitrogens with one attached hydrogen (secondary N) is 2. The Bertz CT molecular complexity index is 709. The van der Waals surface area contributed by atoms with Gasteiger partial charge in [0.1, 0.15) is 5.75 Å². The van der Waals surface area contributed by atoms with Gasteiger partial charge in [0.2, 0.25) is 0 Å². The lowest BCUT2D eigenvalue weighted by atomic mass is 10.2. The number of benzene rings is 2. The van der Waals surface area contributed by atoms with Crippen LogP contribution in [-0.4, -0.2) is 36.1 Å². The van der Waals surface area contributed by atoms with Crippen LogP contribution in [0.3, 0.4) is 0 Å². The standard InChI is InChI=1S/C20H27N3O2S.HI/c1-3-21-20(23-15-17-9-11-19(25-2)12-10-17)22-13-14-26(24)16-18-7-5-4-6-8-18;/h4-12H,3,13-16H2,1-2H3,(H2,21,22,23);1H. The van der Waals surface area contributed by atoms with Crippen LogP contribution < -0.4 is 15.4 Å². The highest BCUT2D eigenvalue weighted by molar-refractivity contribution is 14.0. The van der Waals surface area contributed by atoms with Gasteiger partial charge >= 0.3 is 0 Å². The van der Waals surface area contributed by atoms with Crippen LogP contribution in [0.2, 0.25) is 0 Å². The van der Waals surface area contributed by atoms with Crippen LogP contribution in [-0.2, 0) is 23.1 Å². The molecule has 1 atom stereocenters. The number of methoxy groups -OCH3 is 1. The minimum absolute atomic E-state index is 0. The van der Waals surface area contributed by atoms with Crippen molar-refractivity contribution in [1.82, 2.24) is 10.6 Å². The Morgan fingerprint density at radius 2 is 1.74 bits per heavy atom. The fourth-order valence-corrected chi connectivity index (χ4v) is 3.40. The van der Waals surface area contributed by atoms with Crippen LogP contribution in [0, 0.1) is 0 Å². The Morgan fingerprint density at radius 1 is 1.04 bits per heavy atom. The lowest BCUT2D eigenvalue weighted by molar-refractivity contribution is 0.414. The van der Waals surface area contributed by atoms with Crippen LogP contribution >= 0.6 is 24.0 Å². The van der Waals surface area contributed by atoms with E-state index in [2.05, 4.69) is 15.6 Å². The highest BCUT2D eigenvalue weighted by Gasteiger charge is 2.03. The number of ether oxygens (including phenoxy) is 1. The molecule has 27 heavy (non-hydrogen) atoms. The zero-order chi connectivity index (χ0) is 18.6. The van der Waals surface area contributed by atoms with Crippen LogP contribution in [0.25, 0.3) is 0 Å². The number of hydrogen-bond donors (Lipinski definition) is 2. The summed E-state index contributed by atoms with van der Waals surface area (Å²) < 4.78 is 17.4.